The Morgan fingerprint density at radius 1 is 0.951 bits per heavy atom. The number of imide groups is 1. The molecule has 1 aromatic heterocycles. The van der Waals surface area contributed by atoms with Crippen LogP contribution in [0, 0.1) is 12.8 Å². The quantitative estimate of drug-likeness (QED) is 0.262. The standard InChI is InChI=1S/C28H23F6N3O4/c1-16-6-3-4-7-21(16)37-25(40)36(22-8-5-11-41-22)24(39)26(37)9-10-35(15-17(26)2)23(38)18-12-19(27(29,30)31)14-20(13-18)28(32,33)34/h3-8,11-14,17H,9-10,15H2,1-2H3. The van der Waals surface area contributed by atoms with E-state index in [0.717, 1.165) is 9.80 Å². The van der Waals surface area contributed by atoms with Crippen LogP contribution in [-0.2, 0) is 17.1 Å². The maximum absolute atomic E-state index is 14.0. The molecule has 0 saturated carbocycles. The number of alkyl halides is 6. The van der Waals surface area contributed by atoms with Gasteiger partial charge in [-0.15, -0.1) is 0 Å². The number of halogens is 6. The van der Waals surface area contributed by atoms with E-state index in [4.69, 9.17) is 4.42 Å². The first-order chi connectivity index (χ1) is 19.2. The Morgan fingerprint density at radius 2 is 1.59 bits per heavy atom. The van der Waals surface area contributed by atoms with Crippen LogP contribution in [0.2, 0.25) is 0 Å². The molecule has 2 aromatic carbocycles. The van der Waals surface area contributed by atoms with Gasteiger partial charge in [0.2, 0.25) is 5.88 Å². The highest BCUT2D eigenvalue weighted by Crippen LogP contribution is 2.46. The third-order valence-corrected chi connectivity index (χ3v) is 7.63. The van der Waals surface area contributed by atoms with Crippen molar-refractivity contribution >= 4 is 29.4 Å². The van der Waals surface area contributed by atoms with Crippen molar-refractivity contribution in [2.75, 3.05) is 22.9 Å². The van der Waals surface area contributed by atoms with Gasteiger partial charge in [-0.2, -0.15) is 31.2 Å². The Hall–Kier alpha value is -4.29. The Kier molecular flexibility index (Phi) is 6.66. The summed E-state index contributed by atoms with van der Waals surface area (Å²) in [5, 5.41) is 0. The minimum Gasteiger partial charge on any atom is -0.448 e. The van der Waals surface area contributed by atoms with Gasteiger partial charge in [0.15, 0.2) is 0 Å². The number of anilines is 2. The largest absolute Gasteiger partial charge is 0.448 e. The average molecular weight is 579 g/mol. The lowest BCUT2D eigenvalue weighted by Crippen LogP contribution is -2.62. The van der Waals surface area contributed by atoms with Gasteiger partial charge >= 0.3 is 18.4 Å². The first-order valence-corrected chi connectivity index (χ1v) is 12.5. The first-order valence-electron chi connectivity index (χ1n) is 12.5. The molecule has 3 heterocycles. The zero-order chi connectivity index (χ0) is 29.9. The minimum atomic E-state index is -5.12. The second-order valence-electron chi connectivity index (χ2n) is 10.1. The third-order valence-electron chi connectivity index (χ3n) is 7.63. The normalized spacial score (nSPS) is 21.8. The summed E-state index contributed by atoms with van der Waals surface area (Å²) in [6.45, 7) is 2.93. The fraction of sp³-hybridized carbons (Fsp3) is 0.321. The Bertz CT molecular complexity index is 1490. The number of furan rings is 1. The van der Waals surface area contributed by atoms with Crippen LogP contribution in [0.15, 0.2) is 65.3 Å². The SMILES string of the molecule is Cc1ccccc1N1C(=O)N(c2ccco2)C(=O)C12CCN(C(=O)c1cc(C(F)(F)F)cc(C(F)(F)F)c1)CC2C. The van der Waals surface area contributed by atoms with Crippen LogP contribution in [0.4, 0.5) is 42.7 Å². The maximum Gasteiger partial charge on any atom is 0.416 e. The molecule has 2 atom stereocenters. The summed E-state index contributed by atoms with van der Waals surface area (Å²) >= 11 is 0. The van der Waals surface area contributed by atoms with E-state index >= 15 is 0 Å². The van der Waals surface area contributed by atoms with Crippen molar-refractivity contribution in [3.05, 3.63) is 83.1 Å². The molecule has 4 amide bonds. The molecule has 3 aromatic rings. The molecule has 216 valence electrons. The predicted molar refractivity (Wildman–Crippen MR) is 134 cm³/mol. The van der Waals surface area contributed by atoms with Crippen LogP contribution in [0.5, 0.6) is 0 Å². The monoisotopic (exact) mass is 579 g/mol. The van der Waals surface area contributed by atoms with E-state index in [1.807, 2.05) is 0 Å². The molecule has 5 rings (SSSR count). The van der Waals surface area contributed by atoms with E-state index in [0.29, 0.717) is 23.4 Å². The van der Waals surface area contributed by atoms with Crippen molar-refractivity contribution in [3.8, 4) is 0 Å². The molecule has 0 N–H and O–H groups in total. The fourth-order valence-corrected chi connectivity index (χ4v) is 5.59. The number of aryl methyl sites for hydroxylation is 1. The van der Waals surface area contributed by atoms with Crippen molar-refractivity contribution in [2.24, 2.45) is 5.92 Å². The second kappa shape index (κ2) is 9.67. The van der Waals surface area contributed by atoms with Gasteiger partial charge in [-0.25, -0.2) is 4.79 Å². The number of nitrogens with zero attached hydrogens (tertiary/aromatic N) is 3. The first kappa shape index (κ1) is 28.2. The molecule has 2 unspecified atom stereocenters. The van der Waals surface area contributed by atoms with Gasteiger partial charge in [-0.1, -0.05) is 25.1 Å². The number of hydrogen-bond donors (Lipinski definition) is 0. The zero-order valence-corrected chi connectivity index (χ0v) is 21.7. The second-order valence-corrected chi connectivity index (χ2v) is 10.1. The van der Waals surface area contributed by atoms with Crippen LogP contribution in [0.3, 0.4) is 0 Å². The molecule has 0 bridgehead atoms. The molecule has 2 aliphatic rings. The highest BCUT2D eigenvalue weighted by atomic mass is 19.4. The average Bonchev–Trinajstić information content (AvgIpc) is 3.50. The highest BCUT2D eigenvalue weighted by molar-refractivity contribution is 6.30. The van der Waals surface area contributed by atoms with E-state index < -0.39 is 58.3 Å². The van der Waals surface area contributed by atoms with Crippen LogP contribution in [0.25, 0.3) is 0 Å². The zero-order valence-electron chi connectivity index (χ0n) is 21.7. The number of benzene rings is 2. The van der Waals surface area contributed by atoms with Crippen LogP contribution in [0.1, 0.15) is 40.4 Å². The summed E-state index contributed by atoms with van der Waals surface area (Å²) in [6.07, 6.45) is -9.06. The fourth-order valence-electron chi connectivity index (χ4n) is 5.59. The van der Waals surface area contributed by atoms with E-state index in [2.05, 4.69) is 0 Å². The molecule has 2 fully saturated rings. The van der Waals surface area contributed by atoms with Crippen molar-refractivity contribution in [2.45, 2.75) is 38.2 Å². The molecule has 2 aliphatic heterocycles. The summed E-state index contributed by atoms with van der Waals surface area (Å²) in [5.41, 5.74) is -4.36. The van der Waals surface area contributed by atoms with Gasteiger partial charge < -0.3 is 9.32 Å². The summed E-state index contributed by atoms with van der Waals surface area (Å²) in [6, 6.07) is 9.87. The number of urea groups is 1. The van der Waals surface area contributed by atoms with Gasteiger partial charge in [0.05, 0.1) is 17.4 Å². The van der Waals surface area contributed by atoms with Crippen LogP contribution >= 0.6 is 0 Å². The number of amides is 4. The lowest BCUT2D eigenvalue weighted by Gasteiger charge is -2.46. The predicted octanol–water partition coefficient (Wildman–Crippen LogP) is 6.52. The lowest BCUT2D eigenvalue weighted by atomic mass is 9.76. The molecule has 41 heavy (non-hydrogen) atoms. The van der Waals surface area contributed by atoms with E-state index in [1.165, 1.54) is 23.3 Å². The number of piperidine rings is 1. The number of rotatable bonds is 3. The molecule has 0 aliphatic carbocycles. The number of hydrogen-bond acceptors (Lipinski definition) is 4. The van der Waals surface area contributed by atoms with Gasteiger partial charge in [-0.05, 0) is 49.2 Å². The summed E-state index contributed by atoms with van der Waals surface area (Å²) in [5.74, 6) is -2.45. The van der Waals surface area contributed by atoms with E-state index in [-0.39, 0.29) is 31.5 Å². The summed E-state index contributed by atoms with van der Waals surface area (Å²) < 4.78 is 85.7. The Labute approximate surface area is 229 Å². The molecule has 0 radical (unpaired) electrons. The van der Waals surface area contributed by atoms with Crippen LogP contribution in [-0.4, -0.2) is 41.4 Å². The smallest absolute Gasteiger partial charge is 0.416 e. The Balaban J connectivity index is 1.53. The van der Waals surface area contributed by atoms with Crippen molar-refractivity contribution in [3.63, 3.8) is 0 Å². The molecule has 1 spiro atoms. The molecule has 7 nitrogen and oxygen atoms in total. The molecule has 2 saturated heterocycles. The maximum atomic E-state index is 14.0. The Morgan fingerprint density at radius 3 is 2.12 bits per heavy atom. The van der Waals surface area contributed by atoms with Crippen molar-refractivity contribution < 1.29 is 45.1 Å². The van der Waals surface area contributed by atoms with Crippen molar-refractivity contribution in [1.82, 2.24) is 4.90 Å². The lowest BCUT2D eigenvalue weighted by molar-refractivity contribution is -0.143. The van der Waals surface area contributed by atoms with E-state index in [9.17, 15) is 40.7 Å². The summed E-state index contributed by atoms with van der Waals surface area (Å²) in [7, 11) is 0. The van der Waals surface area contributed by atoms with Crippen LogP contribution < -0.4 is 9.80 Å². The highest BCUT2D eigenvalue weighted by Gasteiger charge is 2.63. The van der Waals surface area contributed by atoms with Gasteiger partial charge in [0.1, 0.15) is 5.54 Å². The molecular weight excluding hydrogens is 556 g/mol. The number of carbonyl (C=O) groups is 3. The number of para-hydroxylation sites is 1. The number of likely N-dealkylation sites (tertiary alicyclic amines) is 1. The van der Waals surface area contributed by atoms with Crippen molar-refractivity contribution in [1.29, 1.82) is 0 Å². The van der Waals surface area contributed by atoms with Gasteiger partial charge in [0.25, 0.3) is 11.8 Å². The molecular formula is C28H23F6N3O4. The topological polar surface area (TPSA) is 74.1 Å². The summed E-state index contributed by atoms with van der Waals surface area (Å²) in [4.78, 5) is 44.4. The van der Waals surface area contributed by atoms with Gasteiger partial charge in [-0.3, -0.25) is 14.5 Å². The molecule has 13 heteroatoms. The minimum absolute atomic E-state index is 0.00943. The third kappa shape index (κ3) is 4.62. The number of carbonyl (C=O) groups excluding carboxylic acids is 3. The van der Waals surface area contributed by atoms with E-state index in [1.54, 1.807) is 38.1 Å². The van der Waals surface area contributed by atoms with Gasteiger partial charge in [0, 0.05) is 36.3 Å².